The maximum atomic E-state index is 13.7. The lowest BCUT2D eigenvalue weighted by molar-refractivity contribution is -0.135. The van der Waals surface area contributed by atoms with Crippen molar-refractivity contribution in [1.29, 1.82) is 0 Å². The highest BCUT2D eigenvalue weighted by Gasteiger charge is 2.38. The van der Waals surface area contributed by atoms with E-state index in [1.807, 2.05) is 51.8 Å². The molecule has 3 amide bonds. The normalized spacial score (nSPS) is 18.8. The zero-order valence-corrected chi connectivity index (χ0v) is 31.4. The number of carbonyl (C=O) groups excluding carboxylic acids is 3. The number of rotatable bonds is 8. The van der Waals surface area contributed by atoms with Crippen LogP contribution < -0.4 is 5.32 Å². The van der Waals surface area contributed by atoms with Crippen LogP contribution in [0.3, 0.4) is 0 Å². The lowest BCUT2D eigenvalue weighted by Gasteiger charge is -2.30. The molecule has 5 aromatic rings. The van der Waals surface area contributed by atoms with Gasteiger partial charge in [-0.2, -0.15) is 0 Å². The van der Waals surface area contributed by atoms with E-state index >= 15 is 0 Å². The minimum atomic E-state index is -0.666. The smallest absolute Gasteiger partial charge is 0.410 e. The Balaban J connectivity index is 1.08. The Bertz CT molecular complexity index is 2150. The molecule has 0 saturated carbocycles. The number of methoxy groups -OCH3 is 1. The lowest BCUT2D eigenvalue weighted by Crippen LogP contribution is -2.51. The molecule has 4 heterocycles. The van der Waals surface area contributed by atoms with Crippen LogP contribution in [-0.4, -0.2) is 79.7 Å². The number of carbonyl (C=O) groups is 3. The van der Waals surface area contributed by atoms with Gasteiger partial charge >= 0.3 is 12.2 Å². The number of nitrogens with zero attached hydrogens (tertiary/aromatic N) is 4. The summed E-state index contributed by atoms with van der Waals surface area (Å²) in [6.07, 6.45) is 5.06. The molecule has 3 N–H and O–H groups in total. The Labute approximate surface area is 309 Å². The van der Waals surface area contributed by atoms with Crippen molar-refractivity contribution in [1.82, 2.24) is 35.1 Å². The van der Waals surface area contributed by atoms with Crippen LogP contribution in [0.4, 0.5) is 9.59 Å². The first-order valence-electron chi connectivity index (χ1n) is 18.7. The van der Waals surface area contributed by atoms with E-state index in [0.717, 1.165) is 87.9 Å². The van der Waals surface area contributed by atoms with Gasteiger partial charge in [-0.15, -0.1) is 0 Å². The van der Waals surface area contributed by atoms with Gasteiger partial charge < -0.3 is 29.7 Å². The summed E-state index contributed by atoms with van der Waals surface area (Å²) in [5.74, 6) is 1.36. The topological polar surface area (TPSA) is 146 Å². The van der Waals surface area contributed by atoms with E-state index in [9.17, 15) is 14.4 Å². The van der Waals surface area contributed by atoms with Gasteiger partial charge in [-0.3, -0.25) is 9.69 Å². The fourth-order valence-corrected chi connectivity index (χ4v) is 7.56. The molecule has 2 aromatic heterocycles. The van der Waals surface area contributed by atoms with E-state index in [1.165, 1.54) is 7.11 Å². The number of amides is 3. The second-order valence-corrected chi connectivity index (χ2v) is 15.3. The minimum Gasteiger partial charge on any atom is -0.453 e. The average molecular weight is 720 g/mol. The molecule has 7 rings (SSSR count). The Hall–Kier alpha value is -5.39. The number of aromatic amines is 2. The second-order valence-electron chi connectivity index (χ2n) is 15.3. The van der Waals surface area contributed by atoms with Crippen LogP contribution in [0, 0.1) is 5.92 Å². The molecule has 0 bridgehead atoms. The van der Waals surface area contributed by atoms with Crippen LogP contribution in [0.2, 0.25) is 0 Å². The van der Waals surface area contributed by atoms with Crippen molar-refractivity contribution in [2.75, 3.05) is 20.2 Å². The standard InChI is InChI=1S/C41H49N7O5/c1-7-24(2)35(46-39(50)52-6)38(49)47-18-8-10-33(47)36-42-23-32(45-36)29-15-14-25-20-26(12-13-27(25)21-29)28-16-17-30-31(22-28)44-37(43-30)34-11-9-19-48(34)40(51)53-41(3,4)5/h12-17,20-24,33-35H,7-11,18-19H2,1-6H3,(H,42,45)(H,43,44)(H,46,50)/t24-,33-,34?,35-/m0/s1. The molecule has 12 nitrogen and oxygen atoms in total. The van der Waals surface area contributed by atoms with Gasteiger partial charge in [0.05, 0.1) is 42.1 Å². The van der Waals surface area contributed by atoms with Crippen molar-refractivity contribution in [2.45, 2.75) is 90.4 Å². The predicted molar refractivity (Wildman–Crippen MR) is 204 cm³/mol. The molecule has 2 aliphatic rings. The third-order valence-electron chi connectivity index (χ3n) is 10.6. The summed E-state index contributed by atoms with van der Waals surface area (Å²) in [5, 5.41) is 4.96. The van der Waals surface area contributed by atoms with Crippen LogP contribution in [0.1, 0.15) is 90.5 Å². The second kappa shape index (κ2) is 14.6. The van der Waals surface area contributed by atoms with Crippen molar-refractivity contribution in [3.8, 4) is 22.4 Å². The summed E-state index contributed by atoms with van der Waals surface area (Å²) in [5.41, 5.74) is 5.28. The molecule has 2 aliphatic heterocycles. The van der Waals surface area contributed by atoms with Crippen LogP contribution in [-0.2, 0) is 14.3 Å². The van der Waals surface area contributed by atoms with E-state index in [-0.39, 0.29) is 30.0 Å². The van der Waals surface area contributed by atoms with E-state index in [0.29, 0.717) is 13.1 Å². The summed E-state index contributed by atoms with van der Waals surface area (Å²) in [4.78, 5) is 58.9. The number of aromatic nitrogens is 4. The number of imidazole rings is 2. The molecular formula is C41H49N7O5. The largest absolute Gasteiger partial charge is 0.453 e. The highest BCUT2D eigenvalue weighted by Crippen LogP contribution is 2.36. The molecule has 2 saturated heterocycles. The van der Waals surface area contributed by atoms with Crippen molar-refractivity contribution < 1.29 is 23.9 Å². The van der Waals surface area contributed by atoms with Crippen molar-refractivity contribution in [3.05, 3.63) is 72.4 Å². The van der Waals surface area contributed by atoms with Gasteiger partial charge in [-0.05, 0) is 98.5 Å². The number of benzene rings is 3. The molecule has 0 spiro atoms. The van der Waals surface area contributed by atoms with Gasteiger partial charge in [-0.1, -0.05) is 50.6 Å². The van der Waals surface area contributed by atoms with Crippen molar-refractivity contribution in [3.63, 3.8) is 0 Å². The first-order valence-corrected chi connectivity index (χ1v) is 18.7. The predicted octanol–water partition coefficient (Wildman–Crippen LogP) is 8.28. The molecule has 4 atom stereocenters. The summed E-state index contributed by atoms with van der Waals surface area (Å²) in [6.45, 7) is 10.9. The number of H-pyrrole nitrogens is 2. The van der Waals surface area contributed by atoms with Crippen LogP contribution in [0.25, 0.3) is 44.2 Å². The number of alkyl carbamates (subject to hydrolysis) is 1. The fourth-order valence-electron chi connectivity index (χ4n) is 7.56. The summed E-state index contributed by atoms with van der Waals surface area (Å²) < 4.78 is 10.5. The average Bonchev–Trinajstić information content (AvgIpc) is 3.97. The number of likely N-dealkylation sites (tertiary alicyclic amines) is 2. The summed E-state index contributed by atoms with van der Waals surface area (Å²) in [7, 11) is 1.31. The van der Waals surface area contributed by atoms with Gasteiger partial charge in [0, 0.05) is 18.7 Å². The monoisotopic (exact) mass is 719 g/mol. The Kier molecular flexibility index (Phi) is 9.89. The SMILES string of the molecule is CC[C@H](C)[C@H](NC(=O)OC)C(=O)N1CCC[C@H]1c1ncc(-c2ccc3cc(-c4ccc5nc(C6CCCN6C(=O)OC(C)(C)C)[nH]c5c4)ccc3c2)[nH]1. The van der Waals surface area contributed by atoms with E-state index in [2.05, 4.69) is 63.8 Å². The van der Waals surface area contributed by atoms with Gasteiger partial charge in [0.25, 0.3) is 0 Å². The first-order chi connectivity index (χ1) is 25.4. The molecular weight excluding hydrogens is 670 g/mol. The third-order valence-corrected chi connectivity index (χ3v) is 10.6. The number of hydrogen-bond acceptors (Lipinski definition) is 7. The molecule has 278 valence electrons. The van der Waals surface area contributed by atoms with E-state index < -0.39 is 17.7 Å². The summed E-state index contributed by atoms with van der Waals surface area (Å²) >= 11 is 0. The Morgan fingerprint density at radius 1 is 0.887 bits per heavy atom. The van der Waals surface area contributed by atoms with E-state index in [4.69, 9.17) is 19.4 Å². The van der Waals surface area contributed by atoms with Crippen molar-refractivity contribution in [2.24, 2.45) is 5.92 Å². The first kappa shape index (κ1) is 36.0. The Morgan fingerprint density at radius 2 is 1.53 bits per heavy atom. The number of fused-ring (bicyclic) bond motifs is 2. The maximum Gasteiger partial charge on any atom is 0.410 e. The lowest BCUT2D eigenvalue weighted by atomic mass is 9.97. The van der Waals surface area contributed by atoms with Gasteiger partial charge in [-0.25, -0.2) is 19.6 Å². The number of ether oxygens (including phenoxy) is 2. The third kappa shape index (κ3) is 7.45. The highest BCUT2D eigenvalue weighted by atomic mass is 16.6. The zero-order chi connectivity index (χ0) is 37.4. The molecule has 0 radical (unpaired) electrons. The highest BCUT2D eigenvalue weighted by molar-refractivity contribution is 5.92. The number of hydrogen-bond donors (Lipinski definition) is 3. The van der Waals surface area contributed by atoms with Gasteiger partial charge in [0.15, 0.2) is 0 Å². The molecule has 1 unspecified atom stereocenters. The van der Waals surface area contributed by atoms with Crippen LogP contribution in [0.5, 0.6) is 0 Å². The van der Waals surface area contributed by atoms with Crippen LogP contribution >= 0.6 is 0 Å². The maximum absolute atomic E-state index is 13.7. The van der Waals surface area contributed by atoms with Crippen molar-refractivity contribution >= 4 is 39.9 Å². The molecule has 2 fully saturated rings. The molecule has 12 heteroatoms. The molecule has 0 aliphatic carbocycles. The molecule has 53 heavy (non-hydrogen) atoms. The van der Waals surface area contributed by atoms with E-state index in [1.54, 1.807) is 4.90 Å². The molecule has 3 aromatic carbocycles. The fraction of sp³-hybridized carbons (Fsp3) is 0.439. The number of nitrogens with one attached hydrogen (secondary N) is 3. The zero-order valence-electron chi connectivity index (χ0n) is 31.4. The van der Waals surface area contributed by atoms with Crippen LogP contribution in [0.15, 0.2) is 60.8 Å². The minimum absolute atomic E-state index is 0.0466. The summed E-state index contributed by atoms with van der Waals surface area (Å²) in [6, 6.07) is 18.0. The quantitative estimate of drug-likeness (QED) is 0.146. The van der Waals surface area contributed by atoms with Gasteiger partial charge in [0.1, 0.15) is 23.3 Å². The van der Waals surface area contributed by atoms with Gasteiger partial charge in [0.2, 0.25) is 5.91 Å². The Morgan fingerprint density at radius 3 is 2.23 bits per heavy atom.